The van der Waals surface area contributed by atoms with Crippen LogP contribution in [0.25, 0.3) is 0 Å². The minimum atomic E-state index is 1.13. The Morgan fingerprint density at radius 2 is 1.27 bits per heavy atom. The zero-order chi connectivity index (χ0) is 10.7. The van der Waals surface area contributed by atoms with Gasteiger partial charge >= 0.3 is 0 Å². The monoisotopic (exact) mass is 292 g/mol. The van der Waals surface area contributed by atoms with E-state index in [4.69, 9.17) is 0 Å². The van der Waals surface area contributed by atoms with Gasteiger partial charge in [0.25, 0.3) is 0 Å². The molecule has 0 amide bonds. The minimum absolute atomic E-state index is 1.13. The summed E-state index contributed by atoms with van der Waals surface area (Å²) in [5.41, 5.74) is 2.99. The molecule has 15 heavy (non-hydrogen) atoms. The lowest BCUT2D eigenvalue weighted by molar-refractivity contribution is 0.981. The van der Waals surface area contributed by atoms with Crippen molar-refractivity contribution in [3.05, 3.63) is 23.3 Å². The van der Waals surface area contributed by atoms with E-state index in [9.17, 15) is 0 Å². The molecule has 0 saturated carbocycles. The van der Waals surface area contributed by atoms with Crippen LogP contribution in [-0.4, -0.2) is 0 Å². The van der Waals surface area contributed by atoms with Gasteiger partial charge in [-0.2, -0.15) is 0 Å². The summed E-state index contributed by atoms with van der Waals surface area (Å²) in [5.74, 6) is 0. The second kappa shape index (κ2) is 6.05. The molecule has 0 fully saturated rings. The van der Waals surface area contributed by atoms with E-state index in [0.29, 0.717) is 0 Å². The molecule has 1 heterocycles. The van der Waals surface area contributed by atoms with Crippen molar-refractivity contribution in [2.75, 3.05) is 0 Å². The number of hydrogen-bond donors (Lipinski definition) is 0. The first kappa shape index (κ1) is 12.4. The Bertz CT molecular complexity index is 317. The fraction of sp³-hybridized carbons (Fsp3) is 0.400. The van der Waals surface area contributed by atoms with Gasteiger partial charge in [0, 0.05) is 9.79 Å². The van der Waals surface area contributed by atoms with Crippen molar-refractivity contribution < 1.29 is 0 Å². The standard InChI is InChI=1S/C10H12S5/c1-3-7-5-6-8(4-2)10-9(7)11-13-15-14-12-10/h5-6H,3-4H2,1-2H3. The Morgan fingerprint density at radius 1 is 0.800 bits per heavy atom. The van der Waals surface area contributed by atoms with E-state index >= 15 is 0 Å². The summed E-state index contributed by atoms with van der Waals surface area (Å²) in [7, 11) is 9.49. The molecule has 0 spiro atoms. The maximum atomic E-state index is 2.30. The largest absolute Gasteiger partial charge is 0.0613 e. The first-order valence-corrected chi connectivity index (χ1v) is 11.0. The predicted molar refractivity (Wildman–Crippen MR) is 79.7 cm³/mol. The lowest BCUT2D eigenvalue weighted by Crippen LogP contribution is -1.92. The van der Waals surface area contributed by atoms with Gasteiger partial charge in [-0.1, -0.05) is 26.0 Å². The average Bonchev–Trinajstić information content (AvgIpc) is 2.53. The molecule has 82 valence electrons. The van der Waals surface area contributed by atoms with E-state index in [1.54, 1.807) is 0 Å². The Morgan fingerprint density at radius 3 is 1.67 bits per heavy atom. The van der Waals surface area contributed by atoms with E-state index in [0.717, 1.165) is 12.8 Å². The fourth-order valence-electron chi connectivity index (χ4n) is 1.49. The first-order chi connectivity index (χ1) is 7.36. The molecular formula is C10H12S5. The van der Waals surface area contributed by atoms with Crippen LogP contribution in [0.5, 0.6) is 0 Å². The number of rotatable bonds is 2. The zero-order valence-electron chi connectivity index (χ0n) is 8.61. The van der Waals surface area contributed by atoms with Crippen LogP contribution in [0.15, 0.2) is 21.9 Å². The van der Waals surface area contributed by atoms with Crippen LogP contribution in [-0.2, 0) is 12.8 Å². The highest BCUT2D eigenvalue weighted by Crippen LogP contribution is 2.60. The summed E-state index contributed by atoms with van der Waals surface area (Å²) >= 11 is 0. The van der Waals surface area contributed by atoms with E-state index in [1.165, 1.54) is 20.9 Å². The van der Waals surface area contributed by atoms with Gasteiger partial charge in [-0.05, 0) is 75.0 Å². The molecule has 0 saturated heterocycles. The normalized spacial score (nSPS) is 15.9. The van der Waals surface area contributed by atoms with Crippen LogP contribution in [0.4, 0.5) is 0 Å². The number of aryl methyl sites for hydroxylation is 2. The zero-order valence-corrected chi connectivity index (χ0v) is 12.7. The van der Waals surface area contributed by atoms with Gasteiger partial charge in [0.1, 0.15) is 0 Å². The Labute approximate surface area is 110 Å². The average molecular weight is 293 g/mol. The Balaban J connectivity index is 2.48. The summed E-state index contributed by atoms with van der Waals surface area (Å²) in [4.78, 5) is 3.01. The van der Waals surface area contributed by atoms with E-state index < -0.39 is 0 Å². The van der Waals surface area contributed by atoms with Crippen LogP contribution in [0.1, 0.15) is 25.0 Å². The van der Waals surface area contributed by atoms with Crippen molar-refractivity contribution >= 4 is 51.1 Å². The molecular weight excluding hydrogens is 280 g/mol. The van der Waals surface area contributed by atoms with E-state index in [1.807, 2.05) is 51.1 Å². The fourth-order valence-corrected chi connectivity index (χ4v) is 11.0. The lowest BCUT2D eigenvalue weighted by atomic mass is 10.1. The van der Waals surface area contributed by atoms with Crippen LogP contribution in [0, 0.1) is 0 Å². The van der Waals surface area contributed by atoms with Gasteiger partial charge in [-0.3, -0.25) is 0 Å². The van der Waals surface area contributed by atoms with Crippen LogP contribution >= 0.6 is 51.1 Å². The highest BCUT2D eigenvalue weighted by molar-refractivity contribution is 9.36. The summed E-state index contributed by atoms with van der Waals surface area (Å²) in [6.07, 6.45) is 2.27. The molecule has 0 bridgehead atoms. The second-order valence-electron chi connectivity index (χ2n) is 3.12. The lowest BCUT2D eigenvalue weighted by Gasteiger charge is -2.12. The molecule has 0 atom stereocenters. The smallest absolute Gasteiger partial charge is 0.0371 e. The molecule has 0 unspecified atom stereocenters. The highest BCUT2D eigenvalue weighted by atomic mass is 33.8. The van der Waals surface area contributed by atoms with E-state index in [2.05, 4.69) is 26.0 Å². The van der Waals surface area contributed by atoms with Gasteiger partial charge in [0.2, 0.25) is 0 Å². The molecule has 1 aliphatic heterocycles. The SMILES string of the molecule is CCc1ccc(CC)c2c1SSSSS2. The molecule has 0 nitrogen and oxygen atoms in total. The number of fused-ring (bicyclic) bond motifs is 1. The summed E-state index contributed by atoms with van der Waals surface area (Å²) in [5, 5.41) is 0. The van der Waals surface area contributed by atoms with Gasteiger partial charge in [-0.15, -0.1) is 0 Å². The molecule has 1 aromatic carbocycles. The predicted octanol–water partition coefficient (Wildman–Crippen LogP) is 5.87. The van der Waals surface area contributed by atoms with Crippen molar-refractivity contribution in [1.29, 1.82) is 0 Å². The molecule has 5 heteroatoms. The van der Waals surface area contributed by atoms with Gasteiger partial charge < -0.3 is 0 Å². The van der Waals surface area contributed by atoms with Crippen LogP contribution < -0.4 is 0 Å². The molecule has 1 aromatic rings. The van der Waals surface area contributed by atoms with Crippen molar-refractivity contribution in [3.8, 4) is 0 Å². The molecule has 0 radical (unpaired) electrons. The van der Waals surface area contributed by atoms with Crippen LogP contribution in [0.2, 0.25) is 0 Å². The summed E-state index contributed by atoms with van der Waals surface area (Å²) < 4.78 is 0. The molecule has 0 aromatic heterocycles. The quantitative estimate of drug-likeness (QED) is 0.623. The Kier molecular flexibility index (Phi) is 5.01. The number of hydrogen-bond acceptors (Lipinski definition) is 5. The Hall–Kier alpha value is 0.970. The summed E-state index contributed by atoms with van der Waals surface area (Å²) in [6, 6.07) is 4.60. The third kappa shape index (κ3) is 2.80. The topological polar surface area (TPSA) is 0 Å². The first-order valence-electron chi connectivity index (χ1n) is 4.86. The van der Waals surface area contributed by atoms with E-state index in [-0.39, 0.29) is 0 Å². The van der Waals surface area contributed by atoms with Gasteiger partial charge in [0.05, 0.1) is 0 Å². The maximum Gasteiger partial charge on any atom is 0.0371 e. The van der Waals surface area contributed by atoms with Crippen molar-refractivity contribution in [2.24, 2.45) is 0 Å². The number of benzene rings is 1. The molecule has 1 aliphatic rings. The van der Waals surface area contributed by atoms with Gasteiger partial charge in [0.15, 0.2) is 0 Å². The van der Waals surface area contributed by atoms with Crippen molar-refractivity contribution in [2.45, 2.75) is 36.5 Å². The molecule has 2 rings (SSSR count). The van der Waals surface area contributed by atoms with Crippen molar-refractivity contribution in [1.82, 2.24) is 0 Å². The molecule has 0 N–H and O–H groups in total. The molecule has 0 aliphatic carbocycles. The van der Waals surface area contributed by atoms with Crippen LogP contribution in [0.3, 0.4) is 0 Å². The third-order valence-corrected chi connectivity index (χ3v) is 10.9. The summed E-state index contributed by atoms with van der Waals surface area (Å²) in [6.45, 7) is 4.48. The second-order valence-corrected chi connectivity index (χ2v) is 10.6. The maximum absolute atomic E-state index is 2.30. The van der Waals surface area contributed by atoms with Crippen molar-refractivity contribution in [3.63, 3.8) is 0 Å². The third-order valence-electron chi connectivity index (χ3n) is 2.33. The minimum Gasteiger partial charge on any atom is -0.0613 e. The highest BCUT2D eigenvalue weighted by Gasteiger charge is 2.17. The van der Waals surface area contributed by atoms with Gasteiger partial charge in [-0.25, -0.2) is 0 Å².